The van der Waals surface area contributed by atoms with Crippen molar-refractivity contribution in [2.24, 2.45) is 0 Å². The maximum Gasteiger partial charge on any atom is 0.277 e. The molecule has 0 aromatic carbocycles. The van der Waals surface area contributed by atoms with Crippen LogP contribution in [-0.4, -0.2) is 45.8 Å². The molecular formula is C16H21N5O3S. The van der Waals surface area contributed by atoms with Crippen LogP contribution in [0.4, 0.5) is 5.82 Å². The highest BCUT2D eigenvalue weighted by Crippen LogP contribution is 2.28. The van der Waals surface area contributed by atoms with Gasteiger partial charge in [0.25, 0.3) is 5.91 Å². The van der Waals surface area contributed by atoms with E-state index in [-0.39, 0.29) is 23.5 Å². The fourth-order valence-corrected chi connectivity index (χ4v) is 5.39. The molecule has 8 nitrogen and oxygen atoms in total. The molecule has 1 atom stereocenters. The average molecular weight is 363 g/mol. The quantitative estimate of drug-likeness (QED) is 0.857. The van der Waals surface area contributed by atoms with E-state index in [0.29, 0.717) is 17.9 Å². The number of aromatic amines is 1. The molecule has 0 radical (unpaired) electrons. The molecule has 2 aromatic rings. The van der Waals surface area contributed by atoms with Gasteiger partial charge in [0.1, 0.15) is 5.82 Å². The summed E-state index contributed by atoms with van der Waals surface area (Å²) >= 11 is 0. The van der Waals surface area contributed by atoms with Crippen LogP contribution in [0.3, 0.4) is 0 Å². The van der Waals surface area contributed by atoms with E-state index in [2.05, 4.69) is 20.6 Å². The van der Waals surface area contributed by atoms with Crippen molar-refractivity contribution in [1.29, 1.82) is 0 Å². The van der Waals surface area contributed by atoms with Gasteiger partial charge in [0.2, 0.25) is 0 Å². The molecule has 4 rings (SSSR count). The van der Waals surface area contributed by atoms with Crippen LogP contribution in [0.2, 0.25) is 0 Å². The Morgan fingerprint density at radius 2 is 2.16 bits per heavy atom. The second-order valence-corrected chi connectivity index (χ2v) is 9.09. The molecule has 1 aliphatic carbocycles. The maximum absolute atomic E-state index is 12.7. The normalized spacial score (nSPS) is 21.9. The van der Waals surface area contributed by atoms with E-state index < -0.39 is 9.84 Å². The number of aromatic nitrogens is 4. The van der Waals surface area contributed by atoms with Gasteiger partial charge in [-0.05, 0) is 39.0 Å². The summed E-state index contributed by atoms with van der Waals surface area (Å²) in [4.78, 5) is 12.7. The number of rotatable bonds is 3. The number of carbonyl (C=O) groups excluding carboxylic acids is 1. The molecule has 25 heavy (non-hydrogen) atoms. The van der Waals surface area contributed by atoms with Crippen LogP contribution in [0.25, 0.3) is 0 Å². The lowest BCUT2D eigenvalue weighted by Gasteiger charge is -2.14. The Labute approximate surface area is 145 Å². The molecule has 0 saturated carbocycles. The third-order valence-corrected chi connectivity index (χ3v) is 6.68. The van der Waals surface area contributed by atoms with Gasteiger partial charge in [-0.1, -0.05) is 0 Å². The van der Waals surface area contributed by atoms with Gasteiger partial charge in [0.15, 0.2) is 15.5 Å². The van der Waals surface area contributed by atoms with Crippen molar-refractivity contribution >= 4 is 21.6 Å². The summed E-state index contributed by atoms with van der Waals surface area (Å²) in [5, 5.41) is 14.4. The Morgan fingerprint density at radius 3 is 2.92 bits per heavy atom. The molecule has 2 aliphatic rings. The van der Waals surface area contributed by atoms with E-state index in [1.54, 1.807) is 10.7 Å². The van der Waals surface area contributed by atoms with Crippen molar-refractivity contribution in [2.45, 2.75) is 45.1 Å². The second kappa shape index (κ2) is 5.98. The number of sulfone groups is 1. The van der Waals surface area contributed by atoms with Crippen LogP contribution >= 0.6 is 0 Å². The third kappa shape index (κ3) is 3.08. The Morgan fingerprint density at radius 1 is 1.36 bits per heavy atom. The molecule has 9 heteroatoms. The zero-order chi connectivity index (χ0) is 17.6. The lowest BCUT2D eigenvalue weighted by Crippen LogP contribution is -2.21. The summed E-state index contributed by atoms with van der Waals surface area (Å²) in [5.41, 5.74) is 3.21. The molecular weight excluding hydrogens is 342 g/mol. The molecule has 1 amide bonds. The van der Waals surface area contributed by atoms with Crippen molar-refractivity contribution in [2.75, 3.05) is 16.8 Å². The van der Waals surface area contributed by atoms with Crippen LogP contribution in [-0.2, 0) is 22.7 Å². The minimum Gasteiger partial charge on any atom is -0.305 e. The van der Waals surface area contributed by atoms with Crippen molar-refractivity contribution in [1.82, 2.24) is 20.0 Å². The van der Waals surface area contributed by atoms with Gasteiger partial charge in [-0.15, -0.1) is 0 Å². The fourth-order valence-electron chi connectivity index (χ4n) is 3.70. The molecule has 3 heterocycles. The number of nitrogens with one attached hydrogen (secondary N) is 2. The number of aryl methyl sites for hydroxylation is 2. The predicted molar refractivity (Wildman–Crippen MR) is 92.5 cm³/mol. The van der Waals surface area contributed by atoms with Gasteiger partial charge in [-0.2, -0.15) is 10.2 Å². The van der Waals surface area contributed by atoms with Crippen LogP contribution in [0.5, 0.6) is 0 Å². The summed E-state index contributed by atoms with van der Waals surface area (Å²) in [6.45, 7) is 1.83. The summed E-state index contributed by atoms with van der Waals surface area (Å²) in [6.07, 6.45) is 4.46. The molecule has 0 unspecified atom stereocenters. The second-order valence-electron chi connectivity index (χ2n) is 6.86. The highest BCUT2D eigenvalue weighted by atomic mass is 32.2. The summed E-state index contributed by atoms with van der Waals surface area (Å²) in [5.74, 6) is 0.476. The standard InChI is InChI=1S/C16H21N5O3S/c1-10-8-14(21(20-10)11-6-7-25(23,24)9-11)17-16(22)15-12-4-2-3-5-13(12)18-19-15/h8,11H,2-7,9H2,1H3,(H,17,22)(H,18,19)/t11-/m0/s1. The van der Waals surface area contributed by atoms with Gasteiger partial charge in [-0.25, -0.2) is 13.1 Å². The van der Waals surface area contributed by atoms with Crippen molar-refractivity contribution < 1.29 is 13.2 Å². The molecule has 2 N–H and O–H groups in total. The number of hydrogen-bond acceptors (Lipinski definition) is 5. The Bertz CT molecular complexity index is 928. The molecule has 1 aliphatic heterocycles. The van der Waals surface area contributed by atoms with Gasteiger partial charge in [0.05, 0.1) is 23.2 Å². The fraction of sp³-hybridized carbons (Fsp3) is 0.562. The van der Waals surface area contributed by atoms with Gasteiger partial charge >= 0.3 is 0 Å². The minimum atomic E-state index is -3.03. The first kappa shape index (κ1) is 16.3. The monoisotopic (exact) mass is 363 g/mol. The van der Waals surface area contributed by atoms with Crippen LogP contribution < -0.4 is 5.32 Å². The van der Waals surface area contributed by atoms with Gasteiger partial charge in [-0.3, -0.25) is 9.89 Å². The first-order valence-electron chi connectivity index (χ1n) is 8.57. The van der Waals surface area contributed by atoms with E-state index in [1.807, 2.05) is 6.92 Å². The zero-order valence-corrected chi connectivity index (χ0v) is 14.9. The predicted octanol–water partition coefficient (Wildman–Crippen LogP) is 1.41. The first-order chi connectivity index (χ1) is 11.9. The lowest BCUT2D eigenvalue weighted by atomic mass is 9.96. The van der Waals surface area contributed by atoms with Gasteiger partial charge < -0.3 is 5.32 Å². The number of carbonyl (C=O) groups is 1. The number of fused-ring (bicyclic) bond motifs is 1. The van der Waals surface area contributed by atoms with Gasteiger partial charge in [0, 0.05) is 17.3 Å². The molecule has 0 bridgehead atoms. The van der Waals surface area contributed by atoms with E-state index in [4.69, 9.17) is 0 Å². The van der Waals surface area contributed by atoms with Crippen LogP contribution in [0, 0.1) is 6.92 Å². The molecule has 134 valence electrons. The summed E-state index contributed by atoms with van der Waals surface area (Å²) < 4.78 is 25.2. The van der Waals surface area contributed by atoms with E-state index in [1.165, 1.54) is 0 Å². The number of amides is 1. The number of nitrogens with zero attached hydrogens (tertiary/aromatic N) is 3. The summed E-state index contributed by atoms with van der Waals surface area (Å²) in [6, 6.07) is 1.53. The molecule has 1 fully saturated rings. The van der Waals surface area contributed by atoms with E-state index >= 15 is 0 Å². The molecule has 0 spiro atoms. The van der Waals surface area contributed by atoms with E-state index in [0.717, 1.165) is 42.6 Å². The Balaban J connectivity index is 1.59. The highest BCUT2D eigenvalue weighted by Gasteiger charge is 2.32. The van der Waals surface area contributed by atoms with Crippen molar-refractivity contribution in [3.05, 3.63) is 28.7 Å². The maximum atomic E-state index is 12.7. The number of anilines is 1. The highest BCUT2D eigenvalue weighted by molar-refractivity contribution is 7.91. The average Bonchev–Trinajstić information content (AvgIpc) is 3.24. The Hall–Kier alpha value is -2.16. The smallest absolute Gasteiger partial charge is 0.277 e. The van der Waals surface area contributed by atoms with Crippen molar-refractivity contribution in [3.63, 3.8) is 0 Å². The molecule has 2 aromatic heterocycles. The topological polar surface area (TPSA) is 110 Å². The molecule has 1 saturated heterocycles. The summed E-state index contributed by atoms with van der Waals surface area (Å²) in [7, 11) is -3.03. The van der Waals surface area contributed by atoms with Crippen molar-refractivity contribution in [3.8, 4) is 0 Å². The van der Waals surface area contributed by atoms with Crippen LogP contribution in [0.1, 0.15) is 52.7 Å². The lowest BCUT2D eigenvalue weighted by molar-refractivity contribution is 0.102. The SMILES string of the molecule is Cc1cc(NC(=O)c2n[nH]c3c2CCCC3)n([C@H]2CCS(=O)(=O)C2)n1. The first-order valence-corrected chi connectivity index (χ1v) is 10.4. The van der Waals surface area contributed by atoms with E-state index in [9.17, 15) is 13.2 Å². The number of hydrogen-bond donors (Lipinski definition) is 2. The zero-order valence-electron chi connectivity index (χ0n) is 14.1. The largest absolute Gasteiger partial charge is 0.305 e. The third-order valence-electron chi connectivity index (χ3n) is 4.93. The van der Waals surface area contributed by atoms with Crippen LogP contribution in [0.15, 0.2) is 6.07 Å². The number of H-pyrrole nitrogens is 1. The Kier molecular flexibility index (Phi) is 3.90. The minimum absolute atomic E-state index is 0.0643.